The number of hydrazone groups is 1. The third-order valence-corrected chi connectivity index (χ3v) is 7.30. The molecule has 0 spiro atoms. The predicted molar refractivity (Wildman–Crippen MR) is 138 cm³/mol. The Hall–Kier alpha value is -3.21. The van der Waals surface area contributed by atoms with Gasteiger partial charge in [0.15, 0.2) is 0 Å². The second-order valence-electron chi connectivity index (χ2n) is 9.50. The zero-order valence-electron chi connectivity index (χ0n) is 21.5. The maximum Gasteiger partial charge on any atom is 0.431 e. The van der Waals surface area contributed by atoms with Crippen molar-refractivity contribution in [3.05, 3.63) is 41.6 Å². The van der Waals surface area contributed by atoms with Gasteiger partial charge in [-0.3, -0.25) is 9.80 Å². The molecule has 2 aliphatic rings. The van der Waals surface area contributed by atoms with Crippen LogP contribution in [0.25, 0.3) is 0 Å². The minimum atomic E-state index is -4.60. The first kappa shape index (κ1) is 27.8. The van der Waals surface area contributed by atoms with Crippen LogP contribution in [0.3, 0.4) is 0 Å². The van der Waals surface area contributed by atoms with Crippen LogP contribution in [0.2, 0.25) is 5.02 Å². The van der Waals surface area contributed by atoms with Gasteiger partial charge in [-0.25, -0.2) is 4.98 Å². The van der Waals surface area contributed by atoms with Gasteiger partial charge >= 0.3 is 12.1 Å². The van der Waals surface area contributed by atoms with Crippen LogP contribution in [-0.2, 0) is 9.53 Å². The number of halogens is 4. The number of carbonyl (C=O) groups excluding carboxylic acids is 1. The summed E-state index contributed by atoms with van der Waals surface area (Å²) in [6.07, 6.45) is -2.56. The maximum atomic E-state index is 13.5. The highest BCUT2D eigenvalue weighted by atomic mass is 35.5. The molecule has 1 saturated heterocycles. The number of ether oxygens (including phenoxy) is 3. The van der Waals surface area contributed by atoms with Crippen LogP contribution < -0.4 is 19.4 Å². The number of aromatic nitrogens is 1. The zero-order valence-corrected chi connectivity index (χ0v) is 22.3. The van der Waals surface area contributed by atoms with E-state index in [1.54, 1.807) is 37.6 Å². The molecule has 4 atom stereocenters. The fraction of sp³-hybridized carbons (Fsp3) is 0.500. The van der Waals surface area contributed by atoms with Crippen molar-refractivity contribution in [3.8, 4) is 11.6 Å². The highest BCUT2D eigenvalue weighted by molar-refractivity contribution is 6.33. The summed E-state index contributed by atoms with van der Waals surface area (Å²) in [5.41, 5.74) is 0.369. The first-order chi connectivity index (χ1) is 18.0. The number of hydrogen-bond donors (Lipinski definition) is 0. The Morgan fingerprint density at radius 2 is 1.89 bits per heavy atom. The van der Waals surface area contributed by atoms with Gasteiger partial charge in [-0.1, -0.05) is 25.4 Å². The number of benzene rings is 1. The van der Waals surface area contributed by atoms with Crippen molar-refractivity contribution < 1.29 is 32.2 Å². The summed E-state index contributed by atoms with van der Waals surface area (Å²) < 4.78 is 56.8. The number of alkyl halides is 3. The van der Waals surface area contributed by atoms with Crippen molar-refractivity contribution in [1.29, 1.82) is 0 Å². The fourth-order valence-corrected chi connectivity index (χ4v) is 5.11. The summed E-state index contributed by atoms with van der Waals surface area (Å²) in [6, 6.07) is 7.72. The van der Waals surface area contributed by atoms with Gasteiger partial charge in [-0.15, -0.1) is 0 Å². The Morgan fingerprint density at radius 3 is 2.50 bits per heavy atom. The third-order valence-electron chi connectivity index (χ3n) is 7.01. The second-order valence-corrected chi connectivity index (χ2v) is 9.91. The molecule has 206 valence electrons. The molecule has 1 aromatic carbocycles. The molecule has 0 saturated carbocycles. The third kappa shape index (κ3) is 5.92. The van der Waals surface area contributed by atoms with Crippen molar-refractivity contribution >= 4 is 34.7 Å². The van der Waals surface area contributed by atoms with E-state index in [4.69, 9.17) is 25.8 Å². The molecule has 0 unspecified atom stereocenters. The van der Waals surface area contributed by atoms with Gasteiger partial charge in [0.25, 0.3) is 0 Å². The Balaban J connectivity index is 1.45. The first-order valence-corrected chi connectivity index (χ1v) is 12.6. The molecule has 0 radical (unpaired) electrons. The van der Waals surface area contributed by atoms with Gasteiger partial charge in [-0.2, -0.15) is 18.3 Å². The van der Waals surface area contributed by atoms with Gasteiger partial charge in [0, 0.05) is 37.4 Å². The normalized spacial score (nSPS) is 23.7. The standard InChI is InChI=1S/C26H30ClF3N4O4/c1-15-14-33(21-11-23(36-3)31-13-19(21)27)10-9-22(15)38-18-7-5-17(6-8-18)34-20(12-24(35)37-4)16(2)25(32-34)26(28,29)30/h5-8,11,13,15-16,20,22H,9-10,12,14H2,1-4H3/t15-,16-,20-,22-/m0/s1. The van der Waals surface area contributed by atoms with Crippen molar-refractivity contribution in [2.24, 2.45) is 16.9 Å². The Kier molecular flexibility index (Phi) is 8.25. The molecule has 2 aromatic rings. The molecule has 4 rings (SSSR count). The monoisotopic (exact) mass is 554 g/mol. The van der Waals surface area contributed by atoms with E-state index in [-0.39, 0.29) is 18.4 Å². The van der Waals surface area contributed by atoms with E-state index in [1.807, 2.05) is 6.07 Å². The number of rotatable bonds is 7. The topological polar surface area (TPSA) is 76.5 Å². The smallest absolute Gasteiger partial charge is 0.431 e. The van der Waals surface area contributed by atoms with Gasteiger partial charge in [0.2, 0.25) is 5.88 Å². The molecule has 0 N–H and O–H groups in total. The molecule has 3 heterocycles. The van der Waals surface area contributed by atoms with E-state index >= 15 is 0 Å². The zero-order chi connectivity index (χ0) is 27.6. The number of nitrogens with zero attached hydrogens (tertiary/aromatic N) is 4. The van der Waals surface area contributed by atoms with Gasteiger partial charge < -0.3 is 19.1 Å². The highest BCUT2D eigenvalue weighted by Gasteiger charge is 2.48. The number of hydrogen-bond acceptors (Lipinski definition) is 8. The quantitative estimate of drug-likeness (QED) is 0.427. The van der Waals surface area contributed by atoms with Gasteiger partial charge in [-0.05, 0) is 24.3 Å². The largest absolute Gasteiger partial charge is 0.490 e. The molecule has 0 amide bonds. The lowest BCUT2D eigenvalue weighted by Crippen LogP contribution is -2.44. The number of carbonyl (C=O) groups is 1. The minimum Gasteiger partial charge on any atom is -0.490 e. The number of piperidine rings is 1. The average molecular weight is 555 g/mol. The van der Waals surface area contributed by atoms with Gasteiger partial charge in [0.05, 0.1) is 49.3 Å². The first-order valence-electron chi connectivity index (χ1n) is 12.2. The fourth-order valence-electron chi connectivity index (χ4n) is 4.89. The summed E-state index contributed by atoms with van der Waals surface area (Å²) in [5.74, 6) is -0.341. The predicted octanol–water partition coefficient (Wildman–Crippen LogP) is 5.34. The van der Waals surface area contributed by atoms with E-state index in [0.717, 1.165) is 18.7 Å². The molecule has 38 heavy (non-hydrogen) atoms. The van der Waals surface area contributed by atoms with E-state index in [0.29, 0.717) is 28.9 Å². The van der Waals surface area contributed by atoms with Crippen LogP contribution in [0.4, 0.5) is 24.5 Å². The van der Waals surface area contributed by atoms with Crippen molar-refractivity contribution in [2.45, 2.75) is 45.0 Å². The number of esters is 1. The summed E-state index contributed by atoms with van der Waals surface area (Å²) in [4.78, 5) is 18.2. The summed E-state index contributed by atoms with van der Waals surface area (Å²) in [6.45, 7) is 4.94. The van der Waals surface area contributed by atoms with E-state index in [1.165, 1.54) is 19.0 Å². The second kappa shape index (κ2) is 11.3. The minimum absolute atomic E-state index is 0.0617. The SMILES string of the molecule is COC(=O)C[C@H]1[C@H](C)C(C(F)(F)F)=NN1c1ccc(O[C@H]2CCN(c3cc(OC)ncc3Cl)C[C@@H]2C)cc1. The Labute approximate surface area is 224 Å². The molecular weight excluding hydrogens is 525 g/mol. The average Bonchev–Trinajstić information content (AvgIpc) is 3.22. The number of methoxy groups -OCH3 is 2. The van der Waals surface area contributed by atoms with Crippen LogP contribution in [0.15, 0.2) is 41.6 Å². The molecule has 0 bridgehead atoms. The van der Waals surface area contributed by atoms with Crippen molar-refractivity contribution in [3.63, 3.8) is 0 Å². The van der Waals surface area contributed by atoms with E-state index < -0.39 is 29.8 Å². The number of pyridine rings is 1. The maximum absolute atomic E-state index is 13.5. The molecule has 1 fully saturated rings. The Bertz CT molecular complexity index is 1180. The molecule has 0 aliphatic carbocycles. The molecule has 8 nitrogen and oxygen atoms in total. The Morgan fingerprint density at radius 1 is 1.18 bits per heavy atom. The molecule has 2 aliphatic heterocycles. The summed E-state index contributed by atoms with van der Waals surface area (Å²) in [7, 11) is 2.76. The van der Waals surface area contributed by atoms with Gasteiger partial charge in [0.1, 0.15) is 17.6 Å². The lowest BCUT2D eigenvalue weighted by atomic mass is 9.94. The van der Waals surface area contributed by atoms with Crippen LogP contribution in [-0.4, -0.2) is 62.3 Å². The van der Waals surface area contributed by atoms with Crippen molar-refractivity contribution in [1.82, 2.24) is 4.98 Å². The van der Waals surface area contributed by atoms with Crippen LogP contribution in [0.5, 0.6) is 11.6 Å². The van der Waals surface area contributed by atoms with Crippen LogP contribution in [0, 0.1) is 11.8 Å². The lowest BCUT2D eigenvalue weighted by Gasteiger charge is -2.38. The molecular formula is C26H30ClF3N4O4. The summed E-state index contributed by atoms with van der Waals surface area (Å²) >= 11 is 6.37. The highest BCUT2D eigenvalue weighted by Crippen LogP contribution is 2.37. The van der Waals surface area contributed by atoms with E-state index in [2.05, 4.69) is 21.9 Å². The van der Waals surface area contributed by atoms with Crippen LogP contribution in [0.1, 0.15) is 26.7 Å². The summed E-state index contributed by atoms with van der Waals surface area (Å²) in [5, 5.41) is 5.64. The molecule has 1 aromatic heterocycles. The lowest BCUT2D eigenvalue weighted by molar-refractivity contribution is -0.141. The molecule has 12 heteroatoms. The van der Waals surface area contributed by atoms with Crippen molar-refractivity contribution in [2.75, 3.05) is 37.2 Å². The number of anilines is 2. The van der Waals surface area contributed by atoms with E-state index in [9.17, 15) is 18.0 Å². The van der Waals surface area contributed by atoms with Crippen LogP contribution >= 0.6 is 11.6 Å².